The molecule has 1 saturated heterocycles. The molecule has 1 fully saturated rings. The molecule has 12 nitrogen and oxygen atoms in total. The van der Waals surface area contributed by atoms with Gasteiger partial charge in [-0.2, -0.15) is 0 Å². The zero-order valence-electron chi connectivity index (χ0n) is 16.8. The predicted molar refractivity (Wildman–Crippen MR) is 104 cm³/mol. The Labute approximate surface area is 164 Å². The minimum atomic E-state index is -0.396. The first kappa shape index (κ1) is 23.1. The van der Waals surface area contributed by atoms with Crippen molar-refractivity contribution in [3.8, 4) is 0 Å². The number of hydrogen-bond donors (Lipinski definition) is 8. The first-order valence-electron chi connectivity index (χ1n) is 9.33. The topological polar surface area (TPSA) is 165 Å². The van der Waals surface area contributed by atoms with Gasteiger partial charge in [-0.25, -0.2) is 19.2 Å². The van der Waals surface area contributed by atoms with E-state index in [0.29, 0.717) is 0 Å². The molecule has 0 radical (unpaired) electrons. The summed E-state index contributed by atoms with van der Waals surface area (Å²) in [4.78, 5) is 47.5. The lowest BCUT2D eigenvalue weighted by Crippen LogP contribution is -2.54. The van der Waals surface area contributed by atoms with Gasteiger partial charge in [0.05, 0.1) is 0 Å². The van der Waals surface area contributed by atoms with Crippen LogP contribution in [0.5, 0.6) is 0 Å². The molecule has 0 aromatic heterocycles. The van der Waals surface area contributed by atoms with E-state index in [1.165, 1.54) is 0 Å². The molecular formula is C16H32N8O4. The van der Waals surface area contributed by atoms with Crippen LogP contribution in [0, 0.1) is 0 Å². The summed E-state index contributed by atoms with van der Waals surface area (Å²) in [5.41, 5.74) is 0. The van der Waals surface area contributed by atoms with Crippen LogP contribution in [0.1, 0.15) is 27.7 Å². The van der Waals surface area contributed by atoms with E-state index >= 15 is 0 Å². The molecule has 4 atom stereocenters. The Morgan fingerprint density at radius 2 is 0.643 bits per heavy atom. The van der Waals surface area contributed by atoms with Crippen molar-refractivity contribution in [2.75, 3.05) is 26.2 Å². The van der Waals surface area contributed by atoms with Crippen molar-refractivity contribution in [1.29, 1.82) is 0 Å². The number of carbonyl (C=O) groups is 4. The summed E-state index contributed by atoms with van der Waals surface area (Å²) in [7, 11) is 0. The number of carbonyl (C=O) groups excluding carboxylic acids is 4. The summed E-state index contributed by atoms with van der Waals surface area (Å²) in [6.07, 6.45) is 0. The molecule has 0 bridgehead atoms. The highest BCUT2D eigenvalue weighted by Gasteiger charge is 2.15. The standard InChI is InChI=1S/C16H32N8O4/c1-9-5-17-14(26)22-11(3)7-19-16(28)24-12(4)8-20-15(27)23-10(2)6-18-13(25)21-9/h9-12H,5-8H2,1-4H3,(H2,18,21,25)(H2,17,22,26)(H2,20,23,27)(H2,19,24,28)/t9-,10-,11-,12?/m0/s1. The zero-order valence-corrected chi connectivity index (χ0v) is 16.8. The molecule has 0 aromatic carbocycles. The molecule has 0 aliphatic carbocycles. The van der Waals surface area contributed by atoms with Gasteiger partial charge in [-0.1, -0.05) is 0 Å². The second-order valence-corrected chi connectivity index (χ2v) is 7.02. The molecule has 28 heavy (non-hydrogen) atoms. The number of rotatable bonds is 0. The van der Waals surface area contributed by atoms with E-state index in [1.54, 1.807) is 27.7 Å². The Balaban J connectivity index is 2.64. The van der Waals surface area contributed by atoms with Crippen LogP contribution in [0.4, 0.5) is 19.2 Å². The summed E-state index contributed by atoms with van der Waals surface area (Å²) in [6, 6.07) is -2.79. The molecular weight excluding hydrogens is 368 g/mol. The Morgan fingerprint density at radius 1 is 0.464 bits per heavy atom. The number of hydrogen-bond acceptors (Lipinski definition) is 4. The van der Waals surface area contributed by atoms with E-state index < -0.39 is 24.1 Å². The summed E-state index contributed by atoms with van der Waals surface area (Å²) in [5.74, 6) is 0. The largest absolute Gasteiger partial charge is 0.336 e. The molecule has 8 N–H and O–H groups in total. The minimum absolute atomic E-state index is 0.230. The van der Waals surface area contributed by atoms with Crippen molar-refractivity contribution in [3.63, 3.8) is 0 Å². The fourth-order valence-corrected chi connectivity index (χ4v) is 2.29. The van der Waals surface area contributed by atoms with Crippen LogP contribution in [0.2, 0.25) is 0 Å². The maximum absolute atomic E-state index is 11.9. The second kappa shape index (κ2) is 11.7. The summed E-state index contributed by atoms with van der Waals surface area (Å²) in [6.45, 7) is 7.91. The quantitative estimate of drug-likeness (QED) is 0.255. The van der Waals surface area contributed by atoms with Crippen molar-refractivity contribution >= 4 is 24.1 Å². The van der Waals surface area contributed by atoms with Gasteiger partial charge in [0.1, 0.15) is 0 Å². The average molecular weight is 400 g/mol. The van der Waals surface area contributed by atoms with E-state index in [2.05, 4.69) is 42.5 Å². The minimum Gasteiger partial charge on any atom is -0.336 e. The van der Waals surface area contributed by atoms with Crippen LogP contribution < -0.4 is 42.5 Å². The van der Waals surface area contributed by atoms with Crippen LogP contribution >= 0.6 is 0 Å². The van der Waals surface area contributed by atoms with Gasteiger partial charge in [0.15, 0.2) is 0 Å². The second-order valence-electron chi connectivity index (χ2n) is 7.02. The number of urea groups is 4. The molecule has 1 rings (SSSR count). The van der Waals surface area contributed by atoms with Gasteiger partial charge in [0.25, 0.3) is 0 Å². The highest BCUT2D eigenvalue weighted by Crippen LogP contribution is 1.86. The van der Waals surface area contributed by atoms with Crippen LogP contribution in [-0.4, -0.2) is 74.5 Å². The van der Waals surface area contributed by atoms with E-state index in [1.807, 2.05) is 0 Å². The van der Waals surface area contributed by atoms with Crippen LogP contribution in [0.3, 0.4) is 0 Å². The molecule has 1 aliphatic rings. The molecule has 1 heterocycles. The van der Waals surface area contributed by atoms with Crippen LogP contribution in [-0.2, 0) is 0 Å². The van der Waals surface area contributed by atoms with Crippen molar-refractivity contribution < 1.29 is 19.2 Å². The fraction of sp³-hybridized carbons (Fsp3) is 0.750. The van der Waals surface area contributed by atoms with Crippen LogP contribution in [0.25, 0.3) is 0 Å². The van der Waals surface area contributed by atoms with Gasteiger partial charge in [0.2, 0.25) is 0 Å². The lowest BCUT2D eigenvalue weighted by Gasteiger charge is -2.21. The Kier molecular flexibility index (Phi) is 9.68. The smallest absolute Gasteiger partial charge is 0.315 e. The summed E-state index contributed by atoms with van der Waals surface area (Å²) in [5, 5.41) is 21.4. The first-order chi connectivity index (χ1) is 13.2. The van der Waals surface area contributed by atoms with E-state index in [0.717, 1.165) is 0 Å². The van der Waals surface area contributed by atoms with Crippen molar-refractivity contribution in [1.82, 2.24) is 42.5 Å². The number of nitrogens with one attached hydrogen (secondary N) is 8. The molecule has 0 spiro atoms. The highest BCUT2D eigenvalue weighted by atomic mass is 16.2. The van der Waals surface area contributed by atoms with E-state index in [4.69, 9.17) is 0 Å². The van der Waals surface area contributed by atoms with Gasteiger partial charge < -0.3 is 42.5 Å². The molecule has 8 amide bonds. The predicted octanol–water partition coefficient (Wildman–Crippen LogP) is -1.25. The van der Waals surface area contributed by atoms with Gasteiger partial charge in [0, 0.05) is 50.3 Å². The summed E-state index contributed by atoms with van der Waals surface area (Å²) < 4.78 is 0. The molecule has 1 aliphatic heterocycles. The third kappa shape index (κ3) is 10.3. The Morgan fingerprint density at radius 3 is 0.821 bits per heavy atom. The van der Waals surface area contributed by atoms with Gasteiger partial charge >= 0.3 is 24.1 Å². The van der Waals surface area contributed by atoms with Gasteiger partial charge in [-0.05, 0) is 27.7 Å². The highest BCUT2D eigenvalue weighted by molar-refractivity contribution is 5.77. The molecule has 12 heteroatoms. The van der Waals surface area contributed by atoms with Crippen molar-refractivity contribution in [2.24, 2.45) is 0 Å². The van der Waals surface area contributed by atoms with E-state index in [9.17, 15) is 19.2 Å². The van der Waals surface area contributed by atoms with Gasteiger partial charge in [-0.15, -0.1) is 0 Å². The Bertz CT molecular complexity index is 463. The molecule has 160 valence electrons. The third-order valence-corrected chi connectivity index (χ3v) is 3.79. The SMILES string of the molecule is CC1CNC(=O)N[C@@H](C)CNC(=O)N[C@@H](C)CNC(=O)N[C@@H](C)CNC(=O)N1. The fourth-order valence-electron chi connectivity index (χ4n) is 2.29. The maximum Gasteiger partial charge on any atom is 0.315 e. The third-order valence-electron chi connectivity index (χ3n) is 3.79. The average Bonchev–Trinajstić information content (AvgIpc) is 2.60. The van der Waals surface area contributed by atoms with Crippen molar-refractivity contribution in [2.45, 2.75) is 51.9 Å². The number of amides is 8. The molecule has 0 saturated carbocycles. The summed E-state index contributed by atoms with van der Waals surface area (Å²) >= 11 is 0. The van der Waals surface area contributed by atoms with Gasteiger partial charge in [-0.3, -0.25) is 0 Å². The maximum atomic E-state index is 11.9. The lowest BCUT2D eigenvalue weighted by molar-refractivity contribution is 0.226. The normalized spacial score (nSPS) is 29.3. The van der Waals surface area contributed by atoms with E-state index in [-0.39, 0.29) is 50.3 Å². The Hall–Kier alpha value is -2.92. The molecule has 0 aromatic rings. The van der Waals surface area contributed by atoms with Crippen LogP contribution in [0.15, 0.2) is 0 Å². The zero-order chi connectivity index (χ0) is 21.1. The monoisotopic (exact) mass is 400 g/mol. The molecule has 1 unspecified atom stereocenters. The first-order valence-corrected chi connectivity index (χ1v) is 9.33. The lowest BCUT2D eigenvalue weighted by atomic mass is 10.3. The van der Waals surface area contributed by atoms with Crippen molar-refractivity contribution in [3.05, 3.63) is 0 Å².